The molecule has 94 valence electrons. The number of carboxylic acids is 1. The van der Waals surface area contributed by atoms with E-state index in [9.17, 15) is 4.79 Å². The highest BCUT2D eigenvalue weighted by Crippen LogP contribution is 2.20. The number of carboxylic acid groups (broad SMARTS) is 1. The molecule has 0 unspecified atom stereocenters. The van der Waals surface area contributed by atoms with Crippen LogP contribution in [0.15, 0.2) is 29.6 Å². The molecule has 2 nitrogen and oxygen atoms in total. The van der Waals surface area contributed by atoms with E-state index < -0.39 is 5.97 Å². The predicted octanol–water partition coefficient (Wildman–Crippen LogP) is 4.19. The molecule has 1 aromatic carbocycles. The quantitative estimate of drug-likeness (QED) is 0.912. The summed E-state index contributed by atoms with van der Waals surface area (Å²) in [6, 6.07) is 7.19. The third-order valence-electron chi connectivity index (χ3n) is 2.77. The lowest BCUT2D eigenvalue weighted by molar-refractivity contribution is 0.0695. The lowest BCUT2D eigenvalue weighted by atomic mass is 10.0. The maximum atomic E-state index is 11.1. The number of rotatable bonds is 4. The van der Waals surface area contributed by atoms with Crippen molar-refractivity contribution in [3.05, 3.63) is 56.2 Å². The van der Waals surface area contributed by atoms with E-state index in [-0.39, 0.29) is 0 Å². The van der Waals surface area contributed by atoms with Crippen LogP contribution in [-0.2, 0) is 12.8 Å². The molecular weight excluding hydrogens is 268 g/mol. The second-order valence-corrected chi connectivity index (χ2v) is 5.72. The van der Waals surface area contributed by atoms with Crippen LogP contribution < -0.4 is 0 Å². The van der Waals surface area contributed by atoms with Gasteiger partial charge in [-0.15, -0.1) is 11.3 Å². The molecule has 0 aliphatic heterocycles. The Morgan fingerprint density at radius 3 is 2.72 bits per heavy atom. The lowest BCUT2D eigenvalue weighted by Crippen LogP contribution is -2.03. The summed E-state index contributed by atoms with van der Waals surface area (Å²) < 4.78 is 0. The Morgan fingerprint density at radius 2 is 2.11 bits per heavy atom. The molecule has 0 amide bonds. The molecule has 2 aromatic rings. The number of carbonyl (C=O) groups is 1. The van der Waals surface area contributed by atoms with Crippen LogP contribution in [0.5, 0.6) is 0 Å². The van der Waals surface area contributed by atoms with Gasteiger partial charge in [0.15, 0.2) is 0 Å². The smallest absolute Gasteiger partial charge is 0.336 e. The highest BCUT2D eigenvalue weighted by Gasteiger charge is 2.10. The first kappa shape index (κ1) is 13.1. The van der Waals surface area contributed by atoms with Gasteiger partial charge in [-0.05, 0) is 54.5 Å². The van der Waals surface area contributed by atoms with Crippen LogP contribution in [0, 0.1) is 6.92 Å². The molecule has 0 aliphatic rings. The Bertz CT molecular complexity index is 575. The van der Waals surface area contributed by atoms with Crippen molar-refractivity contribution < 1.29 is 9.90 Å². The fourth-order valence-corrected chi connectivity index (χ4v) is 2.79. The van der Waals surface area contributed by atoms with Crippen LogP contribution >= 0.6 is 22.9 Å². The molecule has 0 bridgehead atoms. The van der Waals surface area contributed by atoms with Crippen LogP contribution in [0.2, 0.25) is 5.02 Å². The van der Waals surface area contributed by atoms with Crippen molar-refractivity contribution in [1.29, 1.82) is 0 Å². The van der Waals surface area contributed by atoms with Gasteiger partial charge in [-0.1, -0.05) is 17.7 Å². The molecule has 0 radical (unpaired) electrons. The summed E-state index contributed by atoms with van der Waals surface area (Å²) in [5.74, 6) is -0.922. The standard InChI is InChI=1S/C14H13ClO2S/c1-9-6-10(8-18-9)2-3-11-4-5-12(15)7-13(11)14(16)17/h4-8H,2-3H2,1H3,(H,16,17). The zero-order valence-electron chi connectivity index (χ0n) is 9.94. The first-order chi connectivity index (χ1) is 8.56. The monoisotopic (exact) mass is 280 g/mol. The molecule has 0 atom stereocenters. The van der Waals surface area contributed by atoms with E-state index in [0.717, 1.165) is 18.4 Å². The minimum Gasteiger partial charge on any atom is -0.478 e. The van der Waals surface area contributed by atoms with Crippen LogP contribution in [0.25, 0.3) is 0 Å². The number of aryl methyl sites for hydroxylation is 3. The van der Waals surface area contributed by atoms with Crippen molar-refractivity contribution in [2.45, 2.75) is 19.8 Å². The Hall–Kier alpha value is -1.32. The van der Waals surface area contributed by atoms with Gasteiger partial charge in [0.25, 0.3) is 0 Å². The van der Waals surface area contributed by atoms with Gasteiger partial charge in [-0.3, -0.25) is 0 Å². The summed E-state index contributed by atoms with van der Waals surface area (Å²) in [7, 11) is 0. The highest BCUT2D eigenvalue weighted by molar-refractivity contribution is 7.10. The van der Waals surface area contributed by atoms with Crippen molar-refractivity contribution in [3.8, 4) is 0 Å². The Balaban J connectivity index is 2.16. The number of aromatic carboxylic acids is 1. The van der Waals surface area contributed by atoms with Crippen molar-refractivity contribution in [2.75, 3.05) is 0 Å². The summed E-state index contributed by atoms with van der Waals surface area (Å²) >= 11 is 7.53. The summed E-state index contributed by atoms with van der Waals surface area (Å²) in [5, 5.41) is 11.7. The van der Waals surface area contributed by atoms with E-state index >= 15 is 0 Å². The fourth-order valence-electron chi connectivity index (χ4n) is 1.87. The third-order valence-corrected chi connectivity index (χ3v) is 3.92. The van der Waals surface area contributed by atoms with Gasteiger partial charge >= 0.3 is 5.97 Å². The zero-order chi connectivity index (χ0) is 13.1. The van der Waals surface area contributed by atoms with Gasteiger partial charge in [0.05, 0.1) is 5.56 Å². The maximum Gasteiger partial charge on any atom is 0.336 e. The van der Waals surface area contributed by atoms with Gasteiger partial charge in [0.1, 0.15) is 0 Å². The zero-order valence-corrected chi connectivity index (χ0v) is 11.5. The van der Waals surface area contributed by atoms with Crippen molar-refractivity contribution in [2.24, 2.45) is 0 Å². The molecule has 0 aliphatic carbocycles. The van der Waals surface area contributed by atoms with E-state index in [1.165, 1.54) is 16.5 Å². The SMILES string of the molecule is Cc1cc(CCc2ccc(Cl)cc2C(=O)O)cs1. The van der Waals surface area contributed by atoms with Crippen molar-refractivity contribution in [1.82, 2.24) is 0 Å². The van der Waals surface area contributed by atoms with E-state index in [4.69, 9.17) is 16.7 Å². The second kappa shape index (κ2) is 5.55. The van der Waals surface area contributed by atoms with E-state index in [1.54, 1.807) is 23.5 Å². The number of hydrogen-bond acceptors (Lipinski definition) is 2. The Morgan fingerprint density at radius 1 is 1.33 bits per heavy atom. The van der Waals surface area contributed by atoms with Gasteiger partial charge in [0.2, 0.25) is 0 Å². The molecule has 0 saturated heterocycles. The van der Waals surface area contributed by atoms with Crippen LogP contribution in [0.1, 0.15) is 26.4 Å². The largest absolute Gasteiger partial charge is 0.478 e. The van der Waals surface area contributed by atoms with Crippen molar-refractivity contribution in [3.63, 3.8) is 0 Å². The molecule has 18 heavy (non-hydrogen) atoms. The first-order valence-electron chi connectivity index (χ1n) is 5.62. The number of benzene rings is 1. The van der Waals surface area contributed by atoms with Crippen LogP contribution in [0.4, 0.5) is 0 Å². The lowest BCUT2D eigenvalue weighted by Gasteiger charge is -2.05. The summed E-state index contributed by atoms with van der Waals surface area (Å²) in [5.41, 5.74) is 2.38. The molecule has 1 aromatic heterocycles. The fraction of sp³-hybridized carbons (Fsp3) is 0.214. The molecule has 0 saturated carbocycles. The Labute approximate surface area is 115 Å². The molecule has 4 heteroatoms. The minimum atomic E-state index is -0.922. The van der Waals surface area contributed by atoms with E-state index in [2.05, 4.69) is 18.4 Å². The highest BCUT2D eigenvalue weighted by atomic mass is 35.5. The van der Waals surface area contributed by atoms with Crippen LogP contribution in [0.3, 0.4) is 0 Å². The molecule has 1 N–H and O–H groups in total. The van der Waals surface area contributed by atoms with Crippen molar-refractivity contribution >= 4 is 28.9 Å². The number of halogens is 1. The average Bonchev–Trinajstić information content (AvgIpc) is 2.73. The van der Waals surface area contributed by atoms with Gasteiger partial charge in [0, 0.05) is 9.90 Å². The first-order valence-corrected chi connectivity index (χ1v) is 6.88. The van der Waals surface area contributed by atoms with E-state index in [0.29, 0.717) is 10.6 Å². The summed E-state index contributed by atoms with van der Waals surface area (Å²) in [6.45, 7) is 2.07. The van der Waals surface area contributed by atoms with Crippen LogP contribution in [-0.4, -0.2) is 11.1 Å². The third kappa shape index (κ3) is 3.12. The van der Waals surface area contributed by atoms with Gasteiger partial charge < -0.3 is 5.11 Å². The number of hydrogen-bond donors (Lipinski definition) is 1. The molecular formula is C14H13ClO2S. The van der Waals surface area contributed by atoms with E-state index in [1.807, 2.05) is 0 Å². The molecule has 2 rings (SSSR count). The second-order valence-electron chi connectivity index (χ2n) is 4.17. The average molecular weight is 281 g/mol. The summed E-state index contributed by atoms with van der Waals surface area (Å²) in [6.07, 6.45) is 1.57. The minimum absolute atomic E-state index is 0.300. The molecule has 0 spiro atoms. The normalized spacial score (nSPS) is 10.6. The number of thiophene rings is 1. The molecule has 1 heterocycles. The van der Waals surface area contributed by atoms with Gasteiger partial charge in [-0.2, -0.15) is 0 Å². The Kier molecular flexibility index (Phi) is 4.04. The van der Waals surface area contributed by atoms with Gasteiger partial charge in [-0.25, -0.2) is 4.79 Å². The molecule has 0 fully saturated rings. The maximum absolute atomic E-state index is 11.1. The predicted molar refractivity (Wildman–Crippen MR) is 74.9 cm³/mol. The summed E-state index contributed by atoms with van der Waals surface area (Å²) in [4.78, 5) is 12.4. The topological polar surface area (TPSA) is 37.3 Å².